The summed E-state index contributed by atoms with van der Waals surface area (Å²) in [4.78, 5) is 23.7. The Hall–Kier alpha value is -1.14. The SMILES string of the molecule is O=C(CCCCCCCCC(=O)OCCCCCCCCCCCCO)OCCCCCCCCCCCCO. The highest BCUT2D eigenvalue weighted by atomic mass is 16.5. The van der Waals surface area contributed by atoms with E-state index in [-0.39, 0.29) is 11.9 Å². The van der Waals surface area contributed by atoms with Gasteiger partial charge >= 0.3 is 11.9 Å². The van der Waals surface area contributed by atoms with Gasteiger partial charge in [0.15, 0.2) is 0 Å². The van der Waals surface area contributed by atoms with E-state index in [0.717, 1.165) is 89.9 Å². The summed E-state index contributed by atoms with van der Waals surface area (Å²) in [6.07, 6.45) is 30.7. The van der Waals surface area contributed by atoms with E-state index in [2.05, 4.69) is 0 Å². The molecule has 0 bridgehead atoms. The number of unbranched alkanes of at least 4 members (excludes halogenated alkanes) is 23. The number of ether oxygens (including phenoxy) is 2. The second-order valence-electron chi connectivity index (χ2n) is 11.6. The van der Waals surface area contributed by atoms with Gasteiger partial charge in [-0.2, -0.15) is 0 Å². The van der Waals surface area contributed by atoms with E-state index in [9.17, 15) is 9.59 Å². The normalized spacial score (nSPS) is 11.2. The number of carbonyl (C=O) groups is 2. The first-order chi connectivity index (χ1) is 19.7. The third-order valence-electron chi connectivity index (χ3n) is 7.64. The Labute approximate surface area is 247 Å². The molecule has 0 aromatic rings. The quantitative estimate of drug-likeness (QED) is 0.0604. The Balaban J connectivity index is 3.25. The maximum absolute atomic E-state index is 11.9. The fourth-order valence-electron chi connectivity index (χ4n) is 5.02. The van der Waals surface area contributed by atoms with Crippen molar-refractivity contribution < 1.29 is 29.3 Å². The molecule has 6 heteroatoms. The van der Waals surface area contributed by atoms with E-state index in [1.807, 2.05) is 0 Å². The average molecular weight is 571 g/mol. The minimum absolute atomic E-state index is 0.0593. The molecule has 0 rings (SSSR count). The maximum Gasteiger partial charge on any atom is 0.305 e. The lowest BCUT2D eigenvalue weighted by molar-refractivity contribution is -0.144. The van der Waals surface area contributed by atoms with Crippen LogP contribution in [0.25, 0.3) is 0 Å². The zero-order valence-electron chi connectivity index (χ0n) is 26.2. The maximum atomic E-state index is 11.9. The molecule has 0 spiro atoms. The highest BCUT2D eigenvalue weighted by Gasteiger charge is 2.04. The van der Waals surface area contributed by atoms with Gasteiger partial charge in [0.25, 0.3) is 0 Å². The van der Waals surface area contributed by atoms with Crippen molar-refractivity contribution in [2.24, 2.45) is 0 Å². The molecule has 0 saturated carbocycles. The van der Waals surface area contributed by atoms with E-state index >= 15 is 0 Å². The highest BCUT2D eigenvalue weighted by Crippen LogP contribution is 2.13. The molecule has 0 aliphatic carbocycles. The van der Waals surface area contributed by atoms with Gasteiger partial charge in [-0.05, 0) is 38.5 Å². The largest absolute Gasteiger partial charge is 0.466 e. The van der Waals surface area contributed by atoms with Crippen LogP contribution in [0.5, 0.6) is 0 Å². The van der Waals surface area contributed by atoms with Crippen molar-refractivity contribution in [2.75, 3.05) is 26.4 Å². The summed E-state index contributed by atoms with van der Waals surface area (Å²) in [7, 11) is 0. The van der Waals surface area contributed by atoms with Crippen molar-refractivity contribution in [1.29, 1.82) is 0 Å². The van der Waals surface area contributed by atoms with Gasteiger partial charge in [0.05, 0.1) is 13.2 Å². The molecule has 238 valence electrons. The fraction of sp³-hybridized carbons (Fsp3) is 0.941. The Bertz CT molecular complexity index is 479. The molecule has 0 unspecified atom stereocenters. The number of aliphatic hydroxyl groups is 2. The standard InChI is InChI=1S/C34H66O6/c35-29-23-17-11-5-1-3-7-13-19-25-31-39-33(37)27-21-15-9-10-16-22-28-34(38)40-32-26-20-14-8-4-2-6-12-18-24-30-36/h35-36H,1-32H2. The third kappa shape index (κ3) is 33.1. The molecule has 0 amide bonds. The van der Waals surface area contributed by atoms with Crippen LogP contribution < -0.4 is 0 Å². The molecule has 0 aliphatic rings. The van der Waals surface area contributed by atoms with Crippen molar-refractivity contribution in [3.8, 4) is 0 Å². The van der Waals surface area contributed by atoms with E-state index in [4.69, 9.17) is 19.7 Å². The van der Waals surface area contributed by atoms with Crippen LogP contribution in [0.4, 0.5) is 0 Å². The lowest BCUT2D eigenvalue weighted by Gasteiger charge is -2.06. The van der Waals surface area contributed by atoms with E-state index in [0.29, 0.717) is 39.3 Å². The fourth-order valence-corrected chi connectivity index (χ4v) is 5.02. The first-order valence-electron chi connectivity index (χ1n) is 17.2. The summed E-state index contributed by atoms with van der Waals surface area (Å²) < 4.78 is 10.7. The van der Waals surface area contributed by atoms with E-state index in [1.54, 1.807) is 0 Å². The number of esters is 2. The number of hydrogen-bond acceptors (Lipinski definition) is 6. The van der Waals surface area contributed by atoms with Gasteiger partial charge < -0.3 is 19.7 Å². The Kier molecular flexibility index (Phi) is 33.1. The molecular weight excluding hydrogens is 504 g/mol. The van der Waals surface area contributed by atoms with Gasteiger partial charge in [-0.25, -0.2) is 0 Å². The molecule has 0 aromatic carbocycles. The second kappa shape index (κ2) is 34.1. The number of carbonyl (C=O) groups excluding carboxylic acids is 2. The predicted octanol–water partition coefficient (Wildman–Crippen LogP) is 8.98. The van der Waals surface area contributed by atoms with Crippen LogP contribution >= 0.6 is 0 Å². The zero-order chi connectivity index (χ0) is 29.2. The number of hydrogen-bond donors (Lipinski definition) is 2. The van der Waals surface area contributed by atoms with Gasteiger partial charge in [-0.1, -0.05) is 128 Å². The van der Waals surface area contributed by atoms with Crippen LogP contribution in [-0.2, 0) is 19.1 Å². The van der Waals surface area contributed by atoms with Crippen LogP contribution in [0.1, 0.15) is 180 Å². The van der Waals surface area contributed by atoms with Gasteiger partial charge in [-0.3, -0.25) is 9.59 Å². The first-order valence-corrected chi connectivity index (χ1v) is 17.2. The summed E-state index contributed by atoms with van der Waals surface area (Å²) in [6, 6.07) is 0. The summed E-state index contributed by atoms with van der Waals surface area (Å²) >= 11 is 0. The molecule has 0 radical (unpaired) electrons. The Morgan fingerprint density at radius 1 is 0.325 bits per heavy atom. The summed E-state index contributed by atoms with van der Waals surface area (Å²) in [6.45, 7) is 1.76. The van der Waals surface area contributed by atoms with Crippen LogP contribution in [0.3, 0.4) is 0 Å². The zero-order valence-corrected chi connectivity index (χ0v) is 26.2. The molecule has 0 heterocycles. The Morgan fingerprint density at radius 2 is 0.550 bits per heavy atom. The van der Waals surface area contributed by atoms with Crippen molar-refractivity contribution in [3.05, 3.63) is 0 Å². The van der Waals surface area contributed by atoms with Crippen molar-refractivity contribution >= 4 is 11.9 Å². The molecule has 0 fully saturated rings. The molecular formula is C34H66O6. The van der Waals surface area contributed by atoms with Crippen molar-refractivity contribution in [3.63, 3.8) is 0 Å². The van der Waals surface area contributed by atoms with E-state index in [1.165, 1.54) is 77.0 Å². The monoisotopic (exact) mass is 570 g/mol. The van der Waals surface area contributed by atoms with Crippen LogP contribution in [0.15, 0.2) is 0 Å². The van der Waals surface area contributed by atoms with Crippen molar-refractivity contribution in [2.45, 2.75) is 180 Å². The van der Waals surface area contributed by atoms with Crippen LogP contribution in [0.2, 0.25) is 0 Å². The van der Waals surface area contributed by atoms with E-state index < -0.39 is 0 Å². The summed E-state index contributed by atoms with van der Waals surface area (Å²) in [5, 5.41) is 17.5. The third-order valence-corrected chi connectivity index (χ3v) is 7.64. The molecule has 0 atom stereocenters. The second-order valence-corrected chi connectivity index (χ2v) is 11.6. The number of rotatable bonds is 33. The van der Waals surface area contributed by atoms with Gasteiger partial charge in [-0.15, -0.1) is 0 Å². The first kappa shape index (κ1) is 38.9. The summed E-state index contributed by atoms with van der Waals surface area (Å²) in [5.74, 6) is -0.119. The predicted molar refractivity (Wildman–Crippen MR) is 165 cm³/mol. The minimum Gasteiger partial charge on any atom is -0.466 e. The molecule has 0 aromatic heterocycles. The molecule has 40 heavy (non-hydrogen) atoms. The van der Waals surface area contributed by atoms with Crippen LogP contribution in [-0.4, -0.2) is 48.6 Å². The van der Waals surface area contributed by atoms with Crippen molar-refractivity contribution in [1.82, 2.24) is 0 Å². The molecule has 0 saturated heterocycles. The lowest BCUT2D eigenvalue weighted by atomic mass is 10.1. The average Bonchev–Trinajstić information content (AvgIpc) is 2.95. The van der Waals surface area contributed by atoms with Gasteiger partial charge in [0, 0.05) is 26.1 Å². The Morgan fingerprint density at radius 3 is 0.825 bits per heavy atom. The molecule has 0 aliphatic heterocycles. The highest BCUT2D eigenvalue weighted by molar-refractivity contribution is 5.69. The molecule has 2 N–H and O–H groups in total. The topological polar surface area (TPSA) is 93.1 Å². The van der Waals surface area contributed by atoms with Gasteiger partial charge in [0.2, 0.25) is 0 Å². The smallest absolute Gasteiger partial charge is 0.305 e. The molecule has 6 nitrogen and oxygen atoms in total. The number of aliphatic hydroxyl groups excluding tert-OH is 2. The van der Waals surface area contributed by atoms with Gasteiger partial charge in [0.1, 0.15) is 0 Å². The lowest BCUT2D eigenvalue weighted by Crippen LogP contribution is -2.06. The van der Waals surface area contributed by atoms with Crippen LogP contribution in [0, 0.1) is 0 Å². The summed E-state index contributed by atoms with van der Waals surface area (Å²) in [5.41, 5.74) is 0. The minimum atomic E-state index is -0.0593.